The second-order valence-electron chi connectivity index (χ2n) is 5.70. The highest BCUT2D eigenvalue weighted by Gasteiger charge is 2.31. The third kappa shape index (κ3) is 2.87. The van der Waals surface area contributed by atoms with E-state index in [-0.39, 0.29) is 18.6 Å². The summed E-state index contributed by atoms with van der Waals surface area (Å²) in [4.78, 5) is 23.8. The number of hydrogen-bond acceptors (Lipinski definition) is 5. The summed E-state index contributed by atoms with van der Waals surface area (Å²) in [6, 6.07) is 3.45. The minimum atomic E-state index is -0.994. The van der Waals surface area contributed by atoms with Crippen molar-refractivity contribution in [1.82, 2.24) is 5.32 Å². The number of hydrogen-bond donors (Lipinski definition) is 2. The lowest BCUT2D eigenvalue weighted by Crippen LogP contribution is -2.36. The van der Waals surface area contributed by atoms with Gasteiger partial charge in [-0.2, -0.15) is 0 Å². The molecule has 0 spiro atoms. The van der Waals surface area contributed by atoms with Gasteiger partial charge in [0.1, 0.15) is 12.6 Å². The normalized spacial score (nSPS) is 16.9. The summed E-state index contributed by atoms with van der Waals surface area (Å²) in [5, 5.41) is 12.4. The lowest BCUT2D eigenvalue weighted by Gasteiger charge is -2.25. The van der Waals surface area contributed by atoms with Gasteiger partial charge in [0.2, 0.25) is 0 Å². The number of ether oxygens (including phenoxy) is 1. The fraction of sp³-hybridized carbons (Fsp3) is 0.467. The van der Waals surface area contributed by atoms with Gasteiger partial charge in [-0.05, 0) is 48.8 Å². The number of amides is 1. The molecule has 1 aromatic rings. The zero-order chi connectivity index (χ0) is 15.7. The molecule has 2 N–H and O–H groups in total. The Morgan fingerprint density at radius 2 is 2.23 bits per heavy atom. The summed E-state index contributed by atoms with van der Waals surface area (Å²) in [7, 11) is -0.994. The zero-order valence-electron chi connectivity index (χ0n) is 12.4. The van der Waals surface area contributed by atoms with Crippen molar-refractivity contribution < 1.29 is 24.0 Å². The van der Waals surface area contributed by atoms with Crippen molar-refractivity contribution in [3.05, 3.63) is 28.8 Å². The number of benzene rings is 1. The highest BCUT2D eigenvalue weighted by atomic mass is 16.5. The second kappa shape index (κ2) is 6.10. The Labute approximate surface area is 128 Å². The van der Waals surface area contributed by atoms with Crippen molar-refractivity contribution in [2.24, 2.45) is 0 Å². The Hall–Kier alpha value is -1.86. The molecule has 22 heavy (non-hydrogen) atoms. The Bertz CT molecular complexity index is 614. The van der Waals surface area contributed by atoms with E-state index >= 15 is 0 Å². The van der Waals surface area contributed by atoms with Crippen molar-refractivity contribution >= 4 is 24.5 Å². The van der Waals surface area contributed by atoms with E-state index in [0.29, 0.717) is 23.2 Å². The molecule has 0 saturated heterocycles. The third-order valence-electron chi connectivity index (χ3n) is 4.24. The van der Waals surface area contributed by atoms with Gasteiger partial charge in [-0.25, -0.2) is 0 Å². The predicted octanol–water partition coefficient (Wildman–Crippen LogP) is 0.0382. The first-order valence-corrected chi connectivity index (χ1v) is 7.46. The van der Waals surface area contributed by atoms with E-state index < -0.39 is 13.1 Å². The third-order valence-corrected chi connectivity index (χ3v) is 4.24. The van der Waals surface area contributed by atoms with Gasteiger partial charge in [-0.3, -0.25) is 9.59 Å². The van der Waals surface area contributed by atoms with Crippen LogP contribution in [0.25, 0.3) is 0 Å². The molecule has 6 nitrogen and oxygen atoms in total. The van der Waals surface area contributed by atoms with Crippen LogP contribution in [0.3, 0.4) is 0 Å². The predicted molar refractivity (Wildman–Crippen MR) is 79.6 cm³/mol. The molecule has 0 radical (unpaired) electrons. The molecule has 1 aliphatic heterocycles. The van der Waals surface area contributed by atoms with E-state index in [1.165, 1.54) is 0 Å². The number of nitrogens with one attached hydrogen (secondary N) is 1. The molecule has 1 amide bonds. The quantitative estimate of drug-likeness (QED) is 0.606. The first-order chi connectivity index (χ1) is 10.6. The van der Waals surface area contributed by atoms with Gasteiger partial charge in [0.15, 0.2) is 0 Å². The fourth-order valence-electron chi connectivity index (χ4n) is 2.72. The van der Waals surface area contributed by atoms with Gasteiger partial charge in [0.25, 0.3) is 5.91 Å². The van der Waals surface area contributed by atoms with Crippen LogP contribution in [-0.2, 0) is 20.8 Å². The summed E-state index contributed by atoms with van der Waals surface area (Å²) in [6.45, 7) is 1.95. The van der Waals surface area contributed by atoms with E-state index in [2.05, 4.69) is 5.32 Å². The van der Waals surface area contributed by atoms with E-state index in [1.807, 2.05) is 0 Å². The largest absolute Gasteiger partial charge is 0.492 e. The molecule has 0 aromatic heterocycles. The molecule has 116 valence electrons. The highest BCUT2D eigenvalue weighted by Crippen LogP contribution is 2.21. The van der Waals surface area contributed by atoms with Gasteiger partial charge >= 0.3 is 13.1 Å². The lowest BCUT2D eigenvalue weighted by atomic mass is 9.75. The number of rotatable bonds is 4. The highest BCUT2D eigenvalue weighted by molar-refractivity contribution is 6.62. The molecule has 1 aliphatic carbocycles. The molecule has 1 fully saturated rings. The van der Waals surface area contributed by atoms with E-state index in [4.69, 9.17) is 9.39 Å². The molecule has 7 heteroatoms. The van der Waals surface area contributed by atoms with Crippen molar-refractivity contribution in [1.29, 1.82) is 0 Å². The maximum absolute atomic E-state index is 12.2. The van der Waals surface area contributed by atoms with Crippen LogP contribution < -0.4 is 10.8 Å². The summed E-state index contributed by atoms with van der Waals surface area (Å²) in [5.41, 5.74) is 2.63. The van der Waals surface area contributed by atoms with Crippen LogP contribution in [-0.4, -0.2) is 36.7 Å². The summed E-state index contributed by atoms with van der Waals surface area (Å²) in [6.07, 6.45) is 2.91. The standard InChI is InChI=1S/C15H18BNO5/c1-9-12(6-5-10-8-21-16(20)14(9)10)15(19)17-7-13(18)22-11-3-2-4-11/h5-6,11,20H,2-4,7-8H2,1H3,(H,17,19). The number of carbonyl (C=O) groups is 2. The van der Waals surface area contributed by atoms with Crippen molar-refractivity contribution in [2.45, 2.75) is 38.9 Å². The Kier molecular flexibility index (Phi) is 4.17. The smallest absolute Gasteiger partial charge is 0.461 e. The average molecular weight is 303 g/mol. The van der Waals surface area contributed by atoms with Crippen molar-refractivity contribution in [3.63, 3.8) is 0 Å². The van der Waals surface area contributed by atoms with E-state index in [0.717, 1.165) is 24.8 Å². The average Bonchev–Trinajstić information content (AvgIpc) is 2.83. The van der Waals surface area contributed by atoms with Crippen LogP contribution in [0.4, 0.5) is 0 Å². The Morgan fingerprint density at radius 3 is 2.91 bits per heavy atom. The summed E-state index contributed by atoms with van der Waals surface area (Å²) < 4.78 is 10.3. The monoisotopic (exact) mass is 303 g/mol. The van der Waals surface area contributed by atoms with Gasteiger partial charge in [0, 0.05) is 5.56 Å². The second-order valence-corrected chi connectivity index (χ2v) is 5.70. The Morgan fingerprint density at radius 1 is 1.45 bits per heavy atom. The van der Waals surface area contributed by atoms with Gasteiger partial charge < -0.3 is 19.7 Å². The van der Waals surface area contributed by atoms with E-state index in [1.54, 1.807) is 19.1 Å². The van der Waals surface area contributed by atoms with Crippen molar-refractivity contribution in [2.75, 3.05) is 6.54 Å². The van der Waals surface area contributed by atoms with Crippen LogP contribution in [0, 0.1) is 6.92 Å². The Balaban J connectivity index is 1.63. The van der Waals surface area contributed by atoms with Crippen LogP contribution >= 0.6 is 0 Å². The molecule has 1 heterocycles. The fourth-order valence-corrected chi connectivity index (χ4v) is 2.72. The summed E-state index contributed by atoms with van der Waals surface area (Å²) >= 11 is 0. The molecule has 3 rings (SSSR count). The van der Waals surface area contributed by atoms with Crippen LogP contribution in [0.2, 0.25) is 0 Å². The van der Waals surface area contributed by atoms with E-state index in [9.17, 15) is 14.6 Å². The van der Waals surface area contributed by atoms with Gasteiger partial charge in [-0.1, -0.05) is 6.07 Å². The van der Waals surface area contributed by atoms with Crippen molar-refractivity contribution in [3.8, 4) is 0 Å². The molecular weight excluding hydrogens is 285 g/mol. The van der Waals surface area contributed by atoms with Gasteiger partial charge in [-0.15, -0.1) is 0 Å². The molecular formula is C15H18BNO5. The molecule has 0 bridgehead atoms. The molecule has 0 atom stereocenters. The SMILES string of the molecule is Cc1c(C(=O)NCC(=O)OC2CCC2)ccc2c1B(O)OC2. The zero-order valence-corrected chi connectivity index (χ0v) is 12.4. The number of fused-ring (bicyclic) bond motifs is 1. The minimum Gasteiger partial charge on any atom is -0.461 e. The topological polar surface area (TPSA) is 84.9 Å². The maximum Gasteiger partial charge on any atom is 0.492 e. The molecule has 2 aliphatic rings. The van der Waals surface area contributed by atoms with Crippen LogP contribution in [0.1, 0.15) is 40.7 Å². The lowest BCUT2D eigenvalue weighted by molar-refractivity contribution is -0.151. The number of carbonyl (C=O) groups excluding carboxylic acids is 2. The first-order valence-electron chi connectivity index (χ1n) is 7.46. The van der Waals surface area contributed by atoms with Crippen LogP contribution in [0.5, 0.6) is 0 Å². The first kappa shape index (κ1) is 15.1. The molecule has 1 aromatic carbocycles. The minimum absolute atomic E-state index is 0.0124. The maximum atomic E-state index is 12.2. The summed E-state index contributed by atoms with van der Waals surface area (Å²) in [5.74, 6) is -0.773. The van der Waals surface area contributed by atoms with Gasteiger partial charge in [0.05, 0.1) is 6.61 Å². The molecule has 1 saturated carbocycles. The van der Waals surface area contributed by atoms with Crippen LogP contribution in [0.15, 0.2) is 12.1 Å². The molecule has 0 unspecified atom stereocenters. The number of esters is 1.